The first kappa shape index (κ1) is 20.9. The van der Waals surface area contributed by atoms with Gasteiger partial charge >= 0.3 is 0 Å². The average Bonchev–Trinajstić information content (AvgIpc) is 3.29. The summed E-state index contributed by atoms with van der Waals surface area (Å²) >= 11 is 0. The first-order valence-electron chi connectivity index (χ1n) is 10.8. The van der Waals surface area contributed by atoms with Crippen molar-refractivity contribution in [2.45, 2.75) is 44.9 Å². The summed E-state index contributed by atoms with van der Waals surface area (Å²) in [7, 11) is 3.85. The van der Waals surface area contributed by atoms with Gasteiger partial charge in [-0.2, -0.15) is 5.10 Å². The molecule has 3 heterocycles. The summed E-state index contributed by atoms with van der Waals surface area (Å²) in [6, 6.07) is 8.03. The maximum atomic E-state index is 12.9. The predicted molar refractivity (Wildman–Crippen MR) is 114 cm³/mol. The minimum Gasteiger partial charge on any atom is -0.483 e. The SMILES string of the molecule is Cc1cnn(C)c1CN1C[C@@H]2OCCCCc3ccccc3OCC(=O)N(C)[C@H]2C1. The molecule has 1 aromatic heterocycles. The second-order valence-electron chi connectivity index (χ2n) is 8.43. The molecule has 2 atom stereocenters. The molecule has 1 amide bonds. The van der Waals surface area contributed by atoms with Gasteiger partial charge in [0.15, 0.2) is 6.61 Å². The number of benzene rings is 1. The number of carbonyl (C=O) groups is 1. The van der Waals surface area contributed by atoms with Gasteiger partial charge in [-0.05, 0) is 43.4 Å². The van der Waals surface area contributed by atoms with Crippen molar-refractivity contribution in [1.82, 2.24) is 19.6 Å². The van der Waals surface area contributed by atoms with E-state index in [-0.39, 0.29) is 24.7 Å². The number of rotatable bonds is 2. The number of fused-ring (bicyclic) bond motifs is 2. The molecule has 1 aromatic carbocycles. The van der Waals surface area contributed by atoms with Gasteiger partial charge in [0, 0.05) is 40.3 Å². The predicted octanol–water partition coefficient (Wildman–Crippen LogP) is 2.17. The van der Waals surface area contributed by atoms with E-state index in [4.69, 9.17) is 9.47 Å². The highest BCUT2D eigenvalue weighted by atomic mass is 16.5. The Balaban J connectivity index is 1.48. The van der Waals surface area contributed by atoms with Gasteiger partial charge in [-0.25, -0.2) is 0 Å². The molecule has 162 valence electrons. The molecule has 0 radical (unpaired) electrons. The fourth-order valence-electron chi connectivity index (χ4n) is 4.44. The van der Waals surface area contributed by atoms with Gasteiger partial charge in [-0.1, -0.05) is 18.2 Å². The number of nitrogens with zero attached hydrogens (tertiary/aromatic N) is 4. The zero-order valence-corrected chi connectivity index (χ0v) is 18.2. The highest BCUT2D eigenvalue weighted by Crippen LogP contribution is 2.24. The van der Waals surface area contributed by atoms with Gasteiger partial charge in [0.1, 0.15) is 5.75 Å². The molecule has 0 unspecified atom stereocenters. The number of ether oxygens (including phenoxy) is 2. The summed E-state index contributed by atoms with van der Waals surface area (Å²) in [6.07, 6.45) is 4.88. The Hall–Kier alpha value is -2.38. The molecule has 1 saturated heterocycles. The van der Waals surface area contributed by atoms with Crippen LogP contribution in [0.5, 0.6) is 5.75 Å². The molecule has 2 aliphatic rings. The maximum absolute atomic E-state index is 12.9. The lowest BCUT2D eigenvalue weighted by molar-refractivity contribution is -0.136. The molecule has 7 heteroatoms. The molecule has 0 aliphatic carbocycles. The largest absolute Gasteiger partial charge is 0.483 e. The van der Waals surface area contributed by atoms with Crippen molar-refractivity contribution >= 4 is 5.91 Å². The zero-order valence-electron chi connectivity index (χ0n) is 18.2. The fourth-order valence-corrected chi connectivity index (χ4v) is 4.44. The van der Waals surface area contributed by atoms with Crippen molar-refractivity contribution in [1.29, 1.82) is 0 Å². The van der Waals surface area contributed by atoms with E-state index in [0.717, 1.165) is 50.2 Å². The smallest absolute Gasteiger partial charge is 0.260 e. The molecule has 0 spiro atoms. The highest BCUT2D eigenvalue weighted by Gasteiger charge is 2.38. The Morgan fingerprint density at radius 2 is 2.00 bits per heavy atom. The molecule has 2 aliphatic heterocycles. The van der Waals surface area contributed by atoms with Crippen LogP contribution in [0.25, 0.3) is 0 Å². The third-order valence-corrected chi connectivity index (χ3v) is 6.34. The van der Waals surface area contributed by atoms with Crippen LogP contribution in [0.4, 0.5) is 0 Å². The molecule has 7 nitrogen and oxygen atoms in total. The van der Waals surface area contributed by atoms with Crippen molar-refractivity contribution < 1.29 is 14.3 Å². The average molecular weight is 413 g/mol. The number of hydrogen-bond donors (Lipinski definition) is 0. The third kappa shape index (κ3) is 4.52. The number of aryl methyl sites for hydroxylation is 3. The molecular formula is C23H32N4O3. The number of amides is 1. The van der Waals surface area contributed by atoms with Crippen LogP contribution in [0.3, 0.4) is 0 Å². The number of likely N-dealkylation sites (N-methyl/N-ethyl adjacent to an activating group) is 1. The van der Waals surface area contributed by atoms with Crippen LogP contribution in [-0.2, 0) is 29.5 Å². The van der Waals surface area contributed by atoms with Crippen LogP contribution in [-0.4, -0.2) is 71.0 Å². The van der Waals surface area contributed by atoms with Crippen LogP contribution in [0, 0.1) is 6.92 Å². The number of carbonyl (C=O) groups excluding carboxylic acids is 1. The number of para-hydroxylation sites is 1. The van der Waals surface area contributed by atoms with E-state index in [1.165, 1.54) is 11.3 Å². The van der Waals surface area contributed by atoms with Crippen molar-refractivity contribution in [2.75, 3.05) is 33.4 Å². The molecule has 0 N–H and O–H groups in total. The lowest BCUT2D eigenvalue weighted by Crippen LogP contribution is -2.47. The number of hydrogen-bond acceptors (Lipinski definition) is 5. The van der Waals surface area contributed by atoms with E-state index >= 15 is 0 Å². The topological polar surface area (TPSA) is 59.8 Å². The van der Waals surface area contributed by atoms with E-state index in [9.17, 15) is 4.79 Å². The Morgan fingerprint density at radius 3 is 2.80 bits per heavy atom. The fraction of sp³-hybridized carbons (Fsp3) is 0.565. The van der Waals surface area contributed by atoms with Crippen LogP contribution >= 0.6 is 0 Å². The van der Waals surface area contributed by atoms with E-state index in [2.05, 4.69) is 23.0 Å². The van der Waals surface area contributed by atoms with E-state index < -0.39 is 0 Å². The monoisotopic (exact) mass is 412 g/mol. The summed E-state index contributed by atoms with van der Waals surface area (Å²) in [5.74, 6) is 0.803. The summed E-state index contributed by atoms with van der Waals surface area (Å²) in [6.45, 7) is 5.27. The summed E-state index contributed by atoms with van der Waals surface area (Å²) in [4.78, 5) is 17.1. The molecule has 4 rings (SSSR count). The highest BCUT2D eigenvalue weighted by molar-refractivity contribution is 5.78. The second-order valence-corrected chi connectivity index (χ2v) is 8.43. The van der Waals surface area contributed by atoms with Crippen molar-refractivity contribution in [2.24, 2.45) is 7.05 Å². The lowest BCUT2D eigenvalue weighted by atomic mass is 10.1. The Labute approximate surface area is 178 Å². The van der Waals surface area contributed by atoms with Gasteiger partial charge in [0.2, 0.25) is 0 Å². The number of likely N-dealkylation sites (tertiary alicyclic amines) is 1. The summed E-state index contributed by atoms with van der Waals surface area (Å²) < 4.78 is 14.2. The number of aromatic nitrogens is 2. The van der Waals surface area contributed by atoms with E-state index in [1.54, 1.807) is 0 Å². The van der Waals surface area contributed by atoms with Gasteiger partial charge in [0.25, 0.3) is 5.91 Å². The zero-order chi connectivity index (χ0) is 21.1. The second kappa shape index (κ2) is 9.18. The minimum atomic E-state index is -0.0128. The van der Waals surface area contributed by atoms with Gasteiger partial charge in [-0.3, -0.25) is 14.4 Å². The van der Waals surface area contributed by atoms with Gasteiger partial charge in [-0.15, -0.1) is 0 Å². The van der Waals surface area contributed by atoms with Crippen LogP contribution in [0.1, 0.15) is 29.7 Å². The molecule has 1 fully saturated rings. The Morgan fingerprint density at radius 1 is 1.17 bits per heavy atom. The third-order valence-electron chi connectivity index (χ3n) is 6.34. The molecule has 0 bridgehead atoms. The van der Waals surface area contributed by atoms with Crippen molar-refractivity contribution in [3.05, 3.63) is 47.3 Å². The van der Waals surface area contributed by atoms with E-state index in [1.807, 2.05) is 48.1 Å². The van der Waals surface area contributed by atoms with Crippen LogP contribution in [0.15, 0.2) is 30.5 Å². The van der Waals surface area contributed by atoms with Gasteiger partial charge in [0.05, 0.1) is 24.0 Å². The van der Waals surface area contributed by atoms with Crippen molar-refractivity contribution in [3.63, 3.8) is 0 Å². The molecule has 2 aromatic rings. The molecular weight excluding hydrogens is 380 g/mol. The standard InChI is InChI=1S/C23H32N4O3/c1-17-12-24-26(3)19(17)13-27-14-20-22(15-27)29-11-7-6-9-18-8-4-5-10-21(18)30-16-23(28)25(20)2/h4-5,8,10,12,20,22H,6-7,9,11,13-16H2,1-3H3/t20-,22-/m0/s1. The van der Waals surface area contributed by atoms with Crippen molar-refractivity contribution in [3.8, 4) is 5.75 Å². The Kier molecular flexibility index (Phi) is 6.39. The summed E-state index contributed by atoms with van der Waals surface area (Å²) in [5, 5.41) is 4.36. The quantitative estimate of drug-likeness (QED) is 0.757. The summed E-state index contributed by atoms with van der Waals surface area (Å²) in [5.41, 5.74) is 3.56. The first-order valence-corrected chi connectivity index (χ1v) is 10.8. The Bertz CT molecular complexity index is 862. The first-order chi connectivity index (χ1) is 14.5. The lowest BCUT2D eigenvalue weighted by Gasteiger charge is -2.29. The van der Waals surface area contributed by atoms with E-state index in [0.29, 0.717) is 6.61 Å². The van der Waals surface area contributed by atoms with Crippen LogP contribution < -0.4 is 4.74 Å². The molecule has 30 heavy (non-hydrogen) atoms. The maximum Gasteiger partial charge on any atom is 0.260 e. The molecule has 0 saturated carbocycles. The van der Waals surface area contributed by atoms with Gasteiger partial charge < -0.3 is 14.4 Å². The minimum absolute atomic E-state index is 0.00983. The van der Waals surface area contributed by atoms with Crippen LogP contribution in [0.2, 0.25) is 0 Å². The normalized spacial score (nSPS) is 23.7.